The fourth-order valence-corrected chi connectivity index (χ4v) is 4.44. The number of aromatic amines is 1. The van der Waals surface area contributed by atoms with Crippen LogP contribution in [0.3, 0.4) is 0 Å². The van der Waals surface area contributed by atoms with Crippen molar-refractivity contribution in [2.45, 2.75) is 25.3 Å². The number of aryl methyl sites for hydroxylation is 2. The third-order valence-corrected chi connectivity index (χ3v) is 6.79. The van der Waals surface area contributed by atoms with Crippen molar-refractivity contribution in [2.75, 3.05) is 33.1 Å². The summed E-state index contributed by atoms with van der Waals surface area (Å²) in [7, 11) is -0.447. The van der Waals surface area contributed by atoms with E-state index in [1.54, 1.807) is 6.07 Å². The summed E-state index contributed by atoms with van der Waals surface area (Å²) in [5, 5.41) is 2.77. The summed E-state index contributed by atoms with van der Waals surface area (Å²) in [5.74, 6) is -0.936. The number of fused-ring (bicyclic) bond motifs is 1. The molecule has 1 fully saturated rings. The summed E-state index contributed by atoms with van der Waals surface area (Å²) >= 11 is 0. The first-order valence-corrected chi connectivity index (χ1v) is 9.92. The summed E-state index contributed by atoms with van der Waals surface area (Å²) in [6, 6.07) is 1.22. The number of aromatic nitrogens is 1. The molecule has 0 unspecified atom stereocenters. The average Bonchev–Trinajstić information content (AvgIpc) is 3.15. The van der Waals surface area contributed by atoms with Crippen LogP contribution in [0.5, 0.6) is 0 Å². The van der Waals surface area contributed by atoms with E-state index in [2.05, 4.69) is 10.3 Å². The van der Waals surface area contributed by atoms with Crippen molar-refractivity contribution in [3.8, 4) is 0 Å². The van der Waals surface area contributed by atoms with E-state index < -0.39 is 27.5 Å². The third kappa shape index (κ3) is 3.78. The number of amides is 1. The minimum absolute atomic E-state index is 0.0711. The van der Waals surface area contributed by atoms with E-state index in [1.807, 2.05) is 0 Å². The number of carbonyl (C=O) groups is 1. The smallest absolute Gasteiger partial charge is 0.261 e. The van der Waals surface area contributed by atoms with Crippen LogP contribution in [-0.2, 0) is 27.6 Å². The Balaban J connectivity index is 1.73. The summed E-state index contributed by atoms with van der Waals surface area (Å²) < 4.78 is 30.7. The van der Waals surface area contributed by atoms with Gasteiger partial charge in [0.1, 0.15) is 5.56 Å². The molecule has 0 saturated carbocycles. The van der Waals surface area contributed by atoms with Gasteiger partial charge < -0.3 is 15.0 Å². The van der Waals surface area contributed by atoms with Gasteiger partial charge in [0.2, 0.25) is 10.0 Å². The molecule has 25 heavy (non-hydrogen) atoms. The number of hydrogen-bond donors (Lipinski definition) is 2. The summed E-state index contributed by atoms with van der Waals surface area (Å²) in [6.07, 6.45) is 2.65. The standard InChI is InChI=1S/C16H23N3O5S/c1-19(2)25(22,23)9-11-7-24-8-14(11)18-16(21)12-6-10-4-3-5-13(10)17-15(12)20/h6,11,14H,3-5,7-9H2,1-2H3,(H,17,20)(H,18,21)/t11-,14-/m0/s1. The van der Waals surface area contributed by atoms with Gasteiger partial charge in [-0.15, -0.1) is 0 Å². The molecule has 1 aromatic heterocycles. The molecule has 1 amide bonds. The van der Waals surface area contributed by atoms with E-state index in [9.17, 15) is 18.0 Å². The second-order valence-corrected chi connectivity index (χ2v) is 9.04. The van der Waals surface area contributed by atoms with Crippen LogP contribution >= 0.6 is 0 Å². The predicted octanol–water partition coefficient (Wildman–Crippen LogP) is -0.500. The van der Waals surface area contributed by atoms with Crippen molar-refractivity contribution in [1.82, 2.24) is 14.6 Å². The Morgan fingerprint density at radius 2 is 2.12 bits per heavy atom. The molecular weight excluding hydrogens is 346 g/mol. The van der Waals surface area contributed by atoms with Gasteiger partial charge in [-0.3, -0.25) is 9.59 Å². The van der Waals surface area contributed by atoms with E-state index in [0.717, 1.165) is 34.8 Å². The molecule has 2 atom stereocenters. The van der Waals surface area contributed by atoms with E-state index in [0.29, 0.717) is 0 Å². The summed E-state index contributed by atoms with van der Waals surface area (Å²) in [5.41, 5.74) is 1.57. The molecule has 0 bridgehead atoms. The minimum atomic E-state index is -3.40. The molecule has 1 aliphatic carbocycles. The van der Waals surface area contributed by atoms with E-state index >= 15 is 0 Å². The van der Waals surface area contributed by atoms with Crippen LogP contribution in [0.15, 0.2) is 10.9 Å². The molecular formula is C16H23N3O5S. The normalized spacial score (nSPS) is 23.0. The highest BCUT2D eigenvalue weighted by atomic mass is 32.2. The maximum atomic E-state index is 12.5. The van der Waals surface area contributed by atoms with Crippen LogP contribution < -0.4 is 10.9 Å². The first kappa shape index (κ1) is 18.1. The molecule has 0 spiro atoms. The monoisotopic (exact) mass is 369 g/mol. The fourth-order valence-electron chi connectivity index (χ4n) is 3.27. The van der Waals surface area contributed by atoms with Crippen LogP contribution in [0.25, 0.3) is 0 Å². The quantitative estimate of drug-likeness (QED) is 0.727. The highest BCUT2D eigenvalue weighted by Crippen LogP contribution is 2.20. The summed E-state index contributed by atoms with van der Waals surface area (Å²) in [6.45, 7) is 0.501. The van der Waals surface area contributed by atoms with Crippen molar-refractivity contribution in [1.29, 1.82) is 0 Å². The molecule has 2 heterocycles. The topological polar surface area (TPSA) is 109 Å². The molecule has 1 aliphatic heterocycles. The molecule has 2 N–H and O–H groups in total. The van der Waals surface area contributed by atoms with E-state index in [1.165, 1.54) is 14.1 Å². The second-order valence-electron chi connectivity index (χ2n) is 6.81. The van der Waals surface area contributed by atoms with Gasteiger partial charge >= 0.3 is 0 Å². The van der Waals surface area contributed by atoms with Gasteiger partial charge in [-0.05, 0) is 30.9 Å². The number of sulfonamides is 1. The largest absolute Gasteiger partial charge is 0.379 e. The molecule has 0 radical (unpaired) electrons. The molecule has 0 aromatic carbocycles. The molecule has 9 heteroatoms. The van der Waals surface area contributed by atoms with Crippen LogP contribution in [0.2, 0.25) is 0 Å². The number of rotatable bonds is 5. The van der Waals surface area contributed by atoms with E-state index in [-0.39, 0.29) is 30.4 Å². The lowest BCUT2D eigenvalue weighted by Gasteiger charge is -2.21. The summed E-state index contributed by atoms with van der Waals surface area (Å²) in [4.78, 5) is 27.4. The number of nitrogens with one attached hydrogen (secondary N) is 2. The van der Waals surface area contributed by atoms with Crippen molar-refractivity contribution in [3.63, 3.8) is 0 Å². The number of H-pyrrole nitrogens is 1. The van der Waals surface area contributed by atoms with Crippen LogP contribution in [0, 0.1) is 5.92 Å². The van der Waals surface area contributed by atoms with Crippen molar-refractivity contribution >= 4 is 15.9 Å². The Labute approximate surface area is 146 Å². The van der Waals surface area contributed by atoms with Gasteiger partial charge in [-0.25, -0.2) is 12.7 Å². The van der Waals surface area contributed by atoms with Gasteiger partial charge in [0.05, 0.1) is 25.0 Å². The van der Waals surface area contributed by atoms with Gasteiger partial charge in [-0.1, -0.05) is 0 Å². The van der Waals surface area contributed by atoms with Gasteiger partial charge in [0.15, 0.2) is 0 Å². The number of ether oxygens (including phenoxy) is 1. The van der Waals surface area contributed by atoms with Gasteiger partial charge in [-0.2, -0.15) is 0 Å². The zero-order valence-corrected chi connectivity index (χ0v) is 15.2. The first-order chi connectivity index (χ1) is 11.8. The molecule has 138 valence electrons. The fraction of sp³-hybridized carbons (Fsp3) is 0.625. The Bertz CT molecular complexity index is 831. The van der Waals surface area contributed by atoms with E-state index in [4.69, 9.17) is 4.74 Å². The Hall–Kier alpha value is -1.71. The Kier molecular flexibility index (Phi) is 4.99. The maximum Gasteiger partial charge on any atom is 0.261 e. The number of carbonyl (C=O) groups excluding carboxylic acids is 1. The van der Waals surface area contributed by atoms with Crippen LogP contribution in [-0.4, -0.2) is 62.7 Å². The lowest BCUT2D eigenvalue weighted by Crippen LogP contribution is -2.44. The zero-order valence-electron chi connectivity index (χ0n) is 14.4. The highest BCUT2D eigenvalue weighted by Gasteiger charge is 2.34. The lowest BCUT2D eigenvalue weighted by atomic mass is 10.1. The van der Waals surface area contributed by atoms with Gasteiger partial charge in [0, 0.05) is 25.7 Å². The average molecular weight is 369 g/mol. The maximum absolute atomic E-state index is 12.5. The first-order valence-electron chi connectivity index (χ1n) is 8.32. The third-order valence-electron chi connectivity index (χ3n) is 4.83. The van der Waals surface area contributed by atoms with Crippen molar-refractivity contribution in [3.05, 3.63) is 33.2 Å². The lowest BCUT2D eigenvalue weighted by molar-refractivity contribution is 0.0924. The van der Waals surface area contributed by atoms with Gasteiger partial charge in [0.25, 0.3) is 11.5 Å². The molecule has 1 saturated heterocycles. The number of hydrogen-bond acceptors (Lipinski definition) is 5. The Morgan fingerprint density at radius 3 is 2.84 bits per heavy atom. The molecule has 8 nitrogen and oxygen atoms in total. The van der Waals surface area contributed by atoms with Crippen molar-refractivity contribution in [2.24, 2.45) is 5.92 Å². The predicted molar refractivity (Wildman–Crippen MR) is 92.1 cm³/mol. The molecule has 3 rings (SSSR count). The Morgan fingerprint density at radius 1 is 1.36 bits per heavy atom. The second kappa shape index (κ2) is 6.89. The van der Waals surface area contributed by atoms with Crippen molar-refractivity contribution < 1.29 is 17.9 Å². The minimum Gasteiger partial charge on any atom is -0.379 e. The number of pyridine rings is 1. The SMILES string of the molecule is CN(C)S(=O)(=O)C[C@@H]1COC[C@@H]1NC(=O)c1cc2c([nH]c1=O)CCC2. The molecule has 2 aliphatic rings. The molecule has 1 aromatic rings. The highest BCUT2D eigenvalue weighted by molar-refractivity contribution is 7.89. The van der Waals surface area contributed by atoms with Crippen LogP contribution in [0.4, 0.5) is 0 Å². The number of nitrogens with zero attached hydrogens (tertiary/aromatic N) is 1. The zero-order chi connectivity index (χ0) is 18.2. The van der Waals surface area contributed by atoms with Crippen LogP contribution in [0.1, 0.15) is 28.0 Å².